The lowest BCUT2D eigenvalue weighted by Crippen LogP contribution is -2.55. The Morgan fingerprint density at radius 3 is 3.00 bits per heavy atom. The summed E-state index contributed by atoms with van der Waals surface area (Å²) in [5.74, 6) is 0. The van der Waals surface area contributed by atoms with Gasteiger partial charge < -0.3 is 4.90 Å². The van der Waals surface area contributed by atoms with Crippen LogP contribution in [-0.2, 0) is 19.4 Å². The largest absolute Gasteiger partial charge is 0.345 e. The Kier molecular flexibility index (Phi) is 2.13. The Hall–Kier alpha value is -0.540. The van der Waals surface area contributed by atoms with E-state index in [4.69, 9.17) is 0 Å². The van der Waals surface area contributed by atoms with E-state index in [1.54, 1.807) is 21.0 Å². The van der Waals surface area contributed by atoms with Crippen molar-refractivity contribution in [3.63, 3.8) is 0 Å². The van der Waals surface area contributed by atoms with Crippen LogP contribution in [0.5, 0.6) is 0 Å². The SMILES string of the molecule is CC12CCCN1c1sc3c(c1CN2)CCCC3. The lowest BCUT2D eigenvalue weighted by atomic mass is 9.94. The van der Waals surface area contributed by atoms with E-state index < -0.39 is 0 Å². The third kappa shape index (κ3) is 1.36. The highest BCUT2D eigenvalue weighted by atomic mass is 32.1. The minimum absolute atomic E-state index is 0.250. The number of rotatable bonds is 0. The maximum absolute atomic E-state index is 3.78. The van der Waals surface area contributed by atoms with Gasteiger partial charge in [0, 0.05) is 23.5 Å². The monoisotopic (exact) mass is 248 g/mol. The van der Waals surface area contributed by atoms with E-state index >= 15 is 0 Å². The molecule has 0 aromatic carbocycles. The van der Waals surface area contributed by atoms with Crippen LogP contribution in [-0.4, -0.2) is 12.2 Å². The van der Waals surface area contributed by atoms with E-state index in [1.165, 1.54) is 45.1 Å². The first-order chi connectivity index (χ1) is 8.28. The summed E-state index contributed by atoms with van der Waals surface area (Å²) >= 11 is 2.10. The van der Waals surface area contributed by atoms with E-state index in [-0.39, 0.29) is 5.66 Å². The van der Waals surface area contributed by atoms with Gasteiger partial charge in [0.2, 0.25) is 0 Å². The van der Waals surface area contributed by atoms with Crippen molar-refractivity contribution in [1.29, 1.82) is 0 Å². The van der Waals surface area contributed by atoms with Crippen molar-refractivity contribution in [2.45, 2.75) is 57.7 Å². The van der Waals surface area contributed by atoms with Crippen molar-refractivity contribution >= 4 is 16.3 Å². The van der Waals surface area contributed by atoms with Gasteiger partial charge in [-0.1, -0.05) is 0 Å². The Morgan fingerprint density at radius 2 is 2.06 bits per heavy atom. The highest BCUT2D eigenvalue weighted by Gasteiger charge is 2.42. The molecule has 92 valence electrons. The first kappa shape index (κ1) is 10.4. The van der Waals surface area contributed by atoms with Gasteiger partial charge in [0.1, 0.15) is 0 Å². The molecule has 0 bridgehead atoms. The molecule has 1 N–H and O–H groups in total. The van der Waals surface area contributed by atoms with Crippen LogP contribution in [0.2, 0.25) is 0 Å². The number of hydrogen-bond donors (Lipinski definition) is 1. The van der Waals surface area contributed by atoms with Gasteiger partial charge in [-0.05, 0) is 51.0 Å². The van der Waals surface area contributed by atoms with Crippen molar-refractivity contribution in [3.8, 4) is 0 Å². The molecule has 1 aromatic heterocycles. The van der Waals surface area contributed by atoms with E-state index in [0.29, 0.717) is 0 Å². The van der Waals surface area contributed by atoms with E-state index in [9.17, 15) is 0 Å². The second kappa shape index (κ2) is 3.48. The number of nitrogens with one attached hydrogen (secondary N) is 1. The second-order valence-electron chi connectivity index (χ2n) is 5.88. The number of thiophene rings is 1. The molecule has 0 radical (unpaired) electrons. The number of nitrogens with zero attached hydrogens (tertiary/aromatic N) is 1. The van der Waals surface area contributed by atoms with Gasteiger partial charge in [-0.3, -0.25) is 5.32 Å². The molecular weight excluding hydrogens is 228 g/mol. The van der Waals surface area contributed by atoms with Crippen LogP contribution < -0.4 is 10.2 Å². The van der Waals surface area contributed by atoms with Gasteiger partial charge in [0.25, 0.3) is 0 Å². The van der Waals surface area contributed by atoms with E-state index in [1.807, 2.05) is 0 Å². The van der Waals surface area contributed by atoms with Crippen LogP contribution in [0.25, 0.3) is 0 Å². The summed E-state index contributed by atoms with van der Waals surface area (Å²) in [6, 6.07) is 0. The predicted molar refractivity (Wildman–Crippen MR) is 72.8 cm³/mol. The Bertz CT molecular complexity index is 465. The lowest BCUT2D eigenvalue weighted by molar-refractivity contribution is 0.352. The van der Waals surface area contributed by atoms with Crippen molar-refractivity contribution in [1.82, 2.24) is 5.32 Å². The molecular formula is C14H20N2S. The molecule has 0 spiro atoms. The molecule has 1 atom stereocenters. The summed E-state index contributed by atoms with van der Waals surface area (Å²) < 4.78 is 0. The zero-order valence-electron chi connectivity index (χ0n) is 10.5. The number of hydrogen-bond acceptors (Lipinski definition) is 3. The quantitative estimate of drug-likeness (QED) is 0.759. The van der Waals surface area contributed by atoms with E-state index in [0.717, 1.165) is 6.54 Å². The summed E-state index contributed by atoms with van der Waals surface area (Å²) in [6.45, 7) is 4.73. The average Bonchev–Trinajstić information content (AvgIpc) is 2.88. The molecule has 4 rings (SSSR count). The standard InChI is InChI=1S/C14H20N2S/c1-14-7-4-8-16(14)13-11(9-15-14)10-5-2-3-6-12(10)17-13/h15H,2-9H2,1H3. The molecule has 1 aliphatic carbocycles. The molecule has 3 heterocycles. The van der Waals surface area contributed by atoms with Gasteiger partial charge in [-0.25, -0.2) is 0 Å². The van der Waals surface area contributed by atoms with Gasteiger partial charge in [-0.2, -0.15) is 0 Å². The van der Waals surface area contributed by atoms with Crippen molar-refractivity contribution < 1.29 is 0 Å². The van der Waals surface area contributed by atoms with Crippen LogP contribution in [0.3, 0.4) is 0 Å². The summed E-state index contributed by atoms with van der Waals surface area (Å²) in [6.07, 6.45) is 8.09. The molecule has 0 saturated carbocycles. The maximum Gasteiger partial charge on any atom is 0.0974 e. The molecule has 0 amide bonds. The molecule has 3 heteroatoms. The normalized spacial score (nSPS) is 31.0. The number of aryl methyl sites for hydroxylation is 1. The summed E-state index contributed by atoms with van der Waals surface area (Å²) in [5.41, 5.74) is 3.60. The predicted octanol–water partition coefficient (Wildman–Crippen LogP) is 3.05. The Labute approximate surface area is 107 Å². The van der Waals surface area contributed by atoms with Gasteiger partial charge >= 0.3 is 0 Å². The van der Waals surface area contributed by atoms with Crippen LogP contribution >= 0.6 is 11.3 Å². The molecule has 3 aliphatic rings. The molecule has 1 fully saturated rings. The third-order valence-electron chi connectivity index (χ3n) is 4.79. The second-order valence-corrected chi connectivity index (χ2v) is 6.96. The number of anilines is 1. The lowest BCUT2D eigenvalue weighted by Gasteiger charge is -2.41. The molecule has 1 aromatic rings. The van der Waals surface area contributed by atoms with Crippen LogP contribution in [0.15, 0.2) is 0 Å². The third-order valence-corrected chi connectivity index (χ3v) is 6.15. The summed E-state index contributed by atoms with van der Waals surface area (Å²) in [4.78, 5) is 4.34. The van der Waals surface area contributed by atoms with Crippen LogP contribution in [0.1, 0.15) is 48.6 Å². The minimum Gasteiger partial charge on any atom is -0.345 e. The maximum atomic E-state index is 3.78. The first-order valence-corrected chi connectivity index (χ1v) is 7.76. The first-order valence-electron chi connectivity index (χ1n) is 6.94. The smallest absolute Gasteiger partial charge is 0.0974 e. The van der Waals surface area contributed by atoms with E-state index in [2.05, 4.69) is 28.5 Å². The fraction of sp³-hybridized carbons (Fsp3) is 0.714. The highest BCUT2D eigenvalue weighted by molar-refractivity contribution is 7.16. The summed E-state index contributed by atoms with van der Waals surface area (Å²) in [7, 11) is 0. The average molecular weight is 248 g/mol. The van der Waals surface area contributed by atoms with Crippen molar-refractivity contribution in [2.24, 2.45) is 0 Å². The fourth-order valence-electron chi connectivity index (χ4n) is 3.77. The molecule has 17 heavy (non-hydrogen) atoms. The topological polar surface area (TPSA) is 15.3 Å². The Balaban J connectivity index is 1.84. The molecule has 1 unspecified atom stereocenters. The zero-order chi connectivity index (χ0) is 11.5. The zero-order valence-corrected chi connectivity index (χ0v) is 11.3. The van der Waals surface area contributed by atoms with Crippen molar-refractivity contribution in [2.75, 3.05) is 11.4 Å². The van der Waals surface area contributed by atoms with Crippen LogP contribution in [0.4, 0.5) is 5.00 Å². The molecule has 1 saturated heterocycles. The van der Waals surface area contributed by atoms with Gasteiger partial charge in [0.15, 0.2) is 0 Å². The van der Waals surface area contributed by atoms with Crippen LogP contribution in [0, 0.1) is 0 Å². The molecule has 2 nitrogen and oxygen atoms in total. The molecule has 2 aliphatic heterocycles. The van der Waals surface area contributed by atoms with Gasteiger partial charge in [0.05, 0.1) is 10.7 Å². The van der Waals surface area contributed by atoms with Crippen molar-refractivity contribution in [3.05, 3.63) is 16.0 Å². The minimum atomic E-state index is 0.250. The fourth-order valence-corrected chi connectivity index (χ4v) is 5.32. The van der Waals surface area contributed by atoms with Gasteiger partial charge in [-0.15, -0.1) is 11.3 Å². The summed E-state index contributed by atoms with van der Waals surface area (Å²) in [5, 5.41) is 5.39. The number of fused-ring (bicyclic) bond motifs is 5. The highest BCUT2D eigenvalue weighted by Crippen LogP contribution is 2.47. The Morgan fingerprint density at radius 1 is 1.18 bits per heavy atom.